The number of nitrogens with two attached hydrogens (primary N) is 2. The van der Waals surface area contributed by atoms with E-state index in [1.807, 2.05) is 0 Å². The Morgan fingerprint density at radius 2 is 1.78 bits per heavy atom. The van der Waals surface area contributed by atoms with Crippen LogP contribution in [-0.2, 0) is 14.8 Å². The number of anilines is 1. The van der Waals surface area contributed by atoms with Crippen LogP contribution in [-0.4, -0.2) is 32.2 Å². The van der Waals surface area contributed by atoms with Gasteiger partial charge in [0.1, 0.15) is 4.90 Å². The number of carbonyl (C=O) groups excluding carboxylic acids is 1. The third-order valence-corrected chi connectivity index (χ3v) is 5.75. The van der Waals surface area contributed by atoms with Gasteiger partial charge in [-0.25, -0.2) is 8.42 Å². The van der Waals surface area contributed by atoms with Gasteiger partial charge >= 0.3 is 0 Å². The summed E-state index contributed by atoms with van der Waals surface area (Å²) in [6, 6.07) is 2.94. The summed E-state index contributed by atoms with van der Waals surface area (Å²) in [7, 11) is -2.56. The molecule has 18 heavy (non-hydrogen) atoms. The predicted molar refractivity (Wildman–Crippen MR) is 75.3 cm³/mol. The number of rotatable bonds is 4. The topological polar surface area (TPSA) is 106 Å². The van der Waals surface area contributed by atoms with Crippen LogP contribution in [0.5, 0.6) is 0 Å². The van der Waals surface area contributed by atoms with Crippen molar-refractivity contribution in [2.45, 2.75) is 4.90 Å². The van der Waals surface area contributed by atoms with Crippen molar-refractivity contribution in [3.05, 3.63) is 21.1 Å². The maximum atomic E-state index is 12.2. The largest absolute Gasteiger partial charge is 0.399 e. The molecule has 1 aromatic carbocycles. The van der Waals surface area contributed by atoms with Crippen LogP contribution in [0.4, 0.5) is 5.69 Å². The number of primary amides is 1. The fraction of sp³-hybridized carbons (Fsp3) is 0.222. The molecule has 0 spiro atoms. The van der Waals surface area contributed by atoms with Crippen LogP contribution in [0.1, 0.15) is 0 Å². The Morgan fingerprint density at radius 3 is 2.17 bits per heavy atom. The zero-order valence-electron chi connectivity index (χ0n) is 9.35. The average molecular weight is 401 g/mol. The predicted octanol–water partition coefficient (Wildman–Crippen LogP) is 0.900. The third kappa shape index (κ3) is 3.22. The fourth-order valence-electron chi connectivity index (χ4n) is 1.29. The van der Waals surface area contributed by atoms with Gasteiger partial charge in [0.2, 0.25) is 15.9 Å². The number of hydrogen-bond acceptors (Lipinski definition) is 4. The third-order valence-electron chi connectivity index (χ3n) is 2.07. The van der Waals surface area contributed by atoms with Gasteiger partial charge in [-0.1, -0.05) is 0 Å². The van der Waals surface area contributed by atoms with E-state index in [2.05, 4.69) is 31.9 Å². The highest BCUT2D eigenvalue weighted by Gasteiger charge is 2.27. The van der Waals surface area contributed by atoms with Crippen LogP contribution in [0, 0.1) is 0 Å². The monoisotopic (exact) mass is 399 g/mol. The summed E-state index contributed by atoms with van der Waals surface area (Å²) < 4.78 is 26.0. The summed E-state index contributed by atoms with van der Waals surface area (Å²) in [5.74, 6) is -0.733. The molecule has 0 atom stereocenters. The van der Waals surface area contributed by atoms with Crippen molar-refractivity contribution in [1.29, 1.82) is 0 Å². The summed E-state index contributed by atoms with van der Waals surface area (Å²) in [6.07, 6.45) is 0. The number of nitrogen functional groups attached to an aromatic ring is 1. The summed E-state index contributed by atoms with van der Waals surface area (Å²) in [5.41, 5.74) is 11.0. The molecule has 0 saturated heterocycles. The van der Waals surface area contributed by atoms with Crippen LogP contribution in [0.25, 0.3) is 0 Å². The highest BCUT2D eigenvalue weighted by atomic mass is 79.9. The molecule has 0 aromatic heterocycles. The number of nitrogens with zero attached hydrogens (tertiary/aromatic N) is 1. The SMILES string of the molecule is CN(CC(N)=O)S(=O)(=O)c1c(Br)cc(N)cc1Br. The Kier molecular flexibility index (Phi) is 4.76. The Morgan fingerprint density at radius 1 is 1.33 bits per heavy atom. The van der Waals surface area contributed by atoms with Gasteiger partial charge < -0.3 is 11.5 Å². The molecule has 0 aliphatic rings. The van der Waals surface area contributed by atoms with Crippen LogP contribution < -0.4 is 11.5 Å². The average Bonchev–Trinajstić information content (AvgIpc) is 2.13. The van der Waals surface area contributed by atoms with E-state index in [0.717, 1.165) is 4.31 Å². The van der Waals surface area contributed by atoms with Crippen LogP contribution in [0.15, 0.2) is 26.0 Å². The normalized spacial score (nSPS) is 11.8. The smallest absolute Gasteiger partial charge is 0.245 e. The van der Waals surface area contributed by atoms with Crippen molar-refractivity contribution < 1.29 is 13.2 Å². The fourth-order valence-corrected chi connectivity index (χ4v) is 4.95. The molecular weight excluding hydrogens is 390 g/mol. The molecule has 9 heteroatoms. The van der Waals surface area contributed by atoms with Crippen molar-refractivity contribution in [3.63, 3.8) is 0 Å². The molecule has 1 rings (SSSR count). The molecule has 6 nitrogen and oxygen atoms in total. The van der Waals surface area contributed by atoms with Gasteiger partial charge in [0.25, 0.3) is 0 Å². The van der Waals surface area contributed by atoms with E-state index in [-0.39, 0.29) is 4.90 Å². The van der Waals surface area contributed by atoms with Gasteiger partial charge in [0.05, 0.1) is 6.54 Å². The minimum atomic E-state index is -3.83. The molecule has 1 aromatic rings. The molecule has 100 valence electrons. The summed E-state index contributed by atoms with van der Waals surface area (Å²) >= 11 is 6.27. The number of sulfonamides is 1. The van der Waals surface area contributed by atoms with Crippen molar-refractivity contribution in [2.24, 2.45) is 5.73 Å². The molecule has 4 N–H and O–H groups in total. The molecular formula is C9H11Br2N3O3S. The number of halogens is 2. The van der Waals surface area contributed by atoms with E-state index in [1.165, 1.54) is 19.2 Å². The highest BCUT2D eigenvalue weighted by Crippen LogP contribution is 2.33. The Bertz CT molecular complexity index is 566. The molecule has 0 unspecified atom stereocenters. The summed E-state index contributed by atoms with van der Waals surface area (Å²) in [5, 5.41) is 0. The van der Waals surface area contributed by atoms with E-state index in [9.17, 15) is 13.2 Å². The lowest BCUT2D eigenvalue weighted by Crippen LogP contribution is -2.35. The lowest BCUT2D eigenvalue weighted by Gasteiger charge is -2.17. The number of likely N-dealkylation sites (N-methyl/N-ethyl adjacent to an activating group) is 1. The Labute approximate surface area is 122 Å². The molecule has 0 saturated carbocycles. The first-order valence-corrected chi connectivity index (χ1v) is 7.68. The number of benzene rings is 1. The molecule has 1 amide bonds. The van der Waals surface area contributed by atoms with Crippen LogP contribution in [0.2, 0.25) is 0 Å². The van der Waals surface area contributed by atoms with Gasteiger partial charge in [-0.15, -0.1) is 0 Å². The van der Waals surface area contributed by atoms with Gasteiger partial charge in [0, 0.05) is 21.7 Å². The molecule has 0 aliphatic carbocycles. The van der Waals surface area contributed by atoms with Crippen molar-refractivity contribution >= 4 is 53.5 Å². The number of amides is 1. The summed E-state index contributed by atoms with van der Waals surface area (Å²) in [4.78, 5) is 10.8. The van der Waals surface area contributed by atoms with E-state index in [0.29, 0.717) is 14.6 Å². The molecule has 0 fully saturated rings. The van der Waals surface area contributed by atoms with Crippen molar-refractivity contribution in [1.82, 2.24) is 4.31 Å². The van der Waals surface area contributed by atoms with Gasteiger partial charge in [-0.2, -0.15) is 4.31 Å². The number of carbonyl (C=O) groups is 1. The molecule has 0 heterocycles. The van der Waals surface area contributed by atoms with E-state index >= 15 is 0 Å². The first-order chi connectivity index (χ1) is 8.16. The van der Waals surface area contributed by atoms with E-state index < -0.39 is 22.5 Å². The first-order valence-electron chi connectivity index (χ1n) is 4.65. The van der Waals surface area contributed by atoms with Gasteiger partial charge in [-0.05, 0) is 44.0 Å². The summed E-state index contributed by atoms with van der Waals surface area (Å²) in [6.45, 7) is -0.397. The minimum absolute atomic E-state index is 0.000417. The Hall–Kier alpha value is -0.640. The molecule has 0 aliphatic heterocycles. The van der Waals surface area contributed by atoms with E-state index in [1.54, 1.807) is 0 Å². The quantitative estimate of drug-likeness (QED) is 0.732. The molecule has 0 bridgehead atoms. The standard InChI is InChI=1S/C9H11Br2N3O3S/c1-14(4-8(13)15)18(16,17)9-6(10)2-5(12)3-7(9)11/h2-3H,4,12H2,1H3,(H2,13,15). The zero-order chi connectivity index (χ0) is 14.1. The second-order valence-electron chi connectivity index (χ2n) is 3.54. The van der Waals surface area contributed by atoms with Crippen LogP contribution in [0.3, 0.4) is 0 Å². The minimum Gasteiger partial charge on any atom is -0.399 e. The zero-order valence-corrected chi connectivity index (χ0v) is 13.3. The maximum absolute atomic E-state index is 12.2. The molecule has 0 radical (unpaired) electrons. The lowest BCUT2D eigenvalue weighted by atomic mass is 10.3. The van der Waals surface area contributed by atoms with Crippen molar-refractivity contribution in [2.75, 3.05) is 19.3 Å². The van der Waals surface area contributed by atoms with E-state index in [4.69, 9.17) is 11.5 Å². The van der Waals surface area contributed by atoms with Crippen LogP contribution >= 0.6 is 31.9 Å². The number of hydrogen-bond donors (Lipinski definition) is 2. The lowest BCUT2D eigenvalue weighted by molar-refractivity contribution is -0.118. The maximum Gasteiger partial charge on any atom is 0.245 e. The van der Waals surface area contributed by atoms with Gasteiger partial charge in [-0.3, -0.25) is 4.79 Å². The van der Waals surface area contributed by atoms with Crippen molar-refractivity contribution in [3.8, 4) is 0 Å². The highest BCUT2D eigenvalue weighted by molar-refractivity contribution is 9.11. The first kappa shape index (κ1) is 15.4. The second-order valence-corrected chi connectivity index (χ2v) is 7.23. The second kappa shape index (κ2) is 5.55. The Balaban J connectivity index is 3.33. The van der Waals surface area contributed by atoms with Gasteiger partial charge in [0.15, 0.2) is 0 Å².